The lowest BCUT2D eigenvalue weighted by Crippen LogP contribution is -2.39. The quantitative estimate of drug-likeness (QED) is 0.430. The van der Waals surface area contributed by atoms with Crippen LogP contribution in [0, 0.1) is 5.92 Å². The molecule has 0 aromatic rings. The normalized spacial score (nSPS) is 15.5. The number of hydrogen-bond donors (Lipinski definition) is 5. The Balaban J connectivity index is 0. The number of carboxylic acids is 2. The predicted octanol–water partition coefficient (Wildman–Crippen LogP) is -0.776. The fourth-order valence-electron chi connectivity index (χ4n) is 0.815. The molecule has 7 nitrogen and oxygen atoms in total. The van der Waals surface area contributed by atoms with Gasteiger partial charge in [0.2, 0.25) is 0 Å². The number of aliphatic hydroxyl groups excluding tert-OH is 1. The minimum absolute atomic E-state index is 0.357. The third kappa shape index (κ3) is 11.1. The summed E-state index contributed by atoms with van der Waals surface area (Å²) in [5.41, 5.74) is 10.1. The van der Waals surface area contributed by atoms with Gasteiger partial charge in [0.1, 0.15) is 12.1 Å². The van der Waals surface area contributed by atoms with Crippen molar-refractivity contribution in [2.24, 2.45) is 17.4 Å². The zero-order valence-electron chi connectivity index (χ0n) is 10.3. The molecule has 0 saturated heterocycles. The highest BCUT2D eigenvalue weighted by Crippen LogP contribution is 2.01. The van der Waals surface area contributed by atoms with Crippen molar-refractivity contribution in [2.75, 3.05) is 0 Å². The van der Waals surface area contributed by atoms with Gasteiger partial charge in [0.25, 0.3) is 0 Å². The summed E-state index contributed by atoms with van der Waals surface area (Å²) in [6.45, 7) is 5.23. The van der Waals surface area contributed by atoms with Crippen LogP contribution in [0.3, 0.4) is 0 Å². The molecule has 17 heavy (non-hydrogen) atoms. The van der Waals surface area contributed by atoms with Crippen LogP contribution in [-0.4, -0.2) is 45.4 Å². The van der Waals surface area contributed by atoms with Crippen molar-refractivity contribution in [1.82, 2.24) is 0 Å². The highest BCUT2D eigenvalue weighted by molar-refractivity contribution is 5.73. The number of rotatable bonds is 5. The van der Waals surface area contributed by atoms with E-state index in [1.54, 1.807) is 0 Å². The van der Waals surface area contributed by atoms with E-state index in [1.165, 1.54) is 6.92 Å². The molecule has 0 aromatic carbocycles. The van der Waals surface area contributed by atoms with Gasteiger partial charge in [-0.15, -0.1) is 0 Å². The lowest BCUT2D eigenvalue weighted by Gasteiger charge is -2.07. The Morgan fingerprint density at radius 2 is 1.47 bits per heavy atom. The molecular formula is C10H22N2O5. The van der Waals surface area contributed by atoms with Crippen molar-refractivity contribution in [3.8, 4) is 0 Å². The molecule has 0 aliphatic rings. The van der Waals surface area contributed by atoms with Crippen molar-refractivity contribution in [3.05, 3.63) is 0 Å². The second-order valence-electron chi connectivity index (χ2n) is 4.18. The van der Waals surface area contributed by atoms with Gasteiger partial charge in [0, 0.05) is 0 Å². The van der Waals surface area contributed by atoms with Gasteiger partial charge in [-0.1, -0.05) is 13.8 Å². The molecule has 0 spiro atoms. The second-order valence-corrected chi connectivity index (χ2v) is 4.18. The smallest absolute Gasteiger partial charge is 0.323 e. The molecule has 7 heteroatoms. The third-order valence-electron chi connectivity index (χ3n) is 1.85. The highest BCUT2D eigenvalue weighted by atomic mass is 16.4. The van der Waals surface area contributed by atoms with Gasteiger partial charge in [-0.2, -0.15) is 0 Å². The first-order valence-electron chi connectivity index (χ1n) is 5.24. The Labute approximate surface area is 100 Å². The molecule has 0 amide bonds. The SMILES string of the molecule is CC(C)C[C@H](N)C(=O)O.C[C@@H](O)[C@H](N)C(=O)O. The van der Waals surface area contributed by atoms with E-state index < -0.39 is 30.1 Å². The van der Waals surface area contributed by atoms with Gasteiger partial charge < -0.3 is 26.8 Å². The van der Waals surface area contributed by atoms with E-state index in [0.717, 1.165) is 0 Å². The molecule has 0 rings (SSSR count). The van der Waals surface area contributed by atoms with Crippen LogP contribution in [0.2, 0.25) is 0 Å². The molecule has 102 valence electrons. The summed E-state index contributed by atoms with van der Waals surface area (Å²) in [7, 11) is 0. The molecule has 0 heterocycles. The lowest BCUT2D eigenvalue weighted by molar-refractivity contribution is -0.141. The van der Waals surface area contributed by atoms with Crippen LogP contribution in [0.4, 0.5) is 0 Å². The third-order valence-corrected chi connectivity index (χ3v) is 1.85. The Kier molecular flexibility index (Phi) is 9.54. The molecule has 3 atom stereocenters. The van der Waals surface area contributed by atoms with E-state index in [0.29, 0.717) is 12.3 Å². The average molecular weight is 250 g/mol. The summed E-state index contributed by atoms with van der Waals surface area (Å²) in [5, 5.41) is 24.9. The van der Waals surface area contributed by atoms with Gasteiger partial charge in [0.15, 0.2) is 0 Å². The van der Waals surface area contributed by atoms with E-state index in [9.17, 15) is 9.59 Å². The van der Waals surface area contributed by atoms with Crippen LogP contribution >= 0.6 is 0 Å². The van der Waals surface area contributed by atoms with Crippen LogP contribution < -0.4 is 11.5 Å². The lowest BCUT2D eigenvalue weighted by atomic mass is 10.1. The first-order chi connectivity index (χ1) is 7.59. The molecule has 0 saturated carbocycles. The molecule has 7 N–H and O–H groups in total. The number of carbonyl (C=O) groups is 2. The summed E-state index contributed by atoms with van der Waals surface area (Å²) in [4.78, 5) is 20.0. The molecule has 0 unspecified atom stereocenters. The minimum atomic E-state index is -1.18. The summed E-state index contributed by atoms with van der Waals surface area (Å²) in [6, 6.07) is -1.85. The first kappa shape index (κ1) is 18.2. The number of aliphatic carboxylic acids is 2. The first-order valence-corrected chi connectivity index (χ1v) is 5.24. The second kappa shape index (κ2) is 8.91. The zero-order chi connectivity index (χ0) is 14.2. The summed E-state index contributed by atoms with van der Waals surface area (Å²) in [5.74, 6) is -1.74. The van der Waals surface area contributed by atoms with Gasteiger partial charge >= 0.3 is 11.9 Å². The van der Waals surface area contributed by atoms with Crippen LogP contribution in [0.15, 0.2) is 0 Å². The Hall–Kier alpha value is -1.18. The van der Waals surface area contributed by atoms with Crippen LogP contribution in [0.5, 0.6) is 0 Å². The van der Waals surface area contributed by atoms with Gasteiger partial charge in [-0.3, -0.25) is 9.59 Å². The predicted molar refractivity (Wildman–Crippen MR) is 62.4 cm³/mol. The van der Waals surface area contributed by atoms with Crippen molar-refractivity contribution in [2.45, 2.75) is 45.4 Å². The number of nitrogens with two attached hydrogens (primary N) is 2. The summed E-state index contributed by atoms with van der Waals surface area (Å²) >= 11 is 0. The Morgan fingerprint density at radius 3 is 1.53 bits per heavy atom. The summed E-state index contributed by atoms with van der Waals surface area (Å²) in [6.07, 6.45) is -0.428. The van der Waals surface area contributed by atoms with Crippen molar-refractivity contribution >= 4 is 11.9 Å². The molecule has 0 aliphatic heterocycles. The standard InChI is InChI=1S/C6H13NO2.C4H9NO3/c1-4(2)3-5(7)6(8)9;1-2(6)3(5)4(7)8/h4-5H,3,7H2,1-2H3,(H,8,9);2-3,6H,5H2,1H3,(H,7,8)/t5-;2-,3+/m01/s1. The van der Waals surface area contributed by atoms with Crippen LogP contribution in [-0.2, 0) is 9.59 Å². The van der Waals surface area contributed by atoms with E-state index in [1.807, 2.05) is 13.8 Å². The maximum atomic E-state index is 10.1. The number of hydrogen-bond acceptors (Lipinski definition) is 5. The minimum Gasteiger partial charge on any atom is -0.480 e. The fraction of sp³-hybridized carbons (Fsp3) is 0.800. The van der Waals surface area contributed by atoms with Crippen LogP contribution in [0.25, 0.3) is 0 Å². The van der Waals surface area contributed by atoms with E-state index in [2.05, 4.69) is 0 Å². The van der Waals surface area contributed by atoms with E-state index in [-0.39, 0.29) is 0 Å². The maximum absolute atomic E-state index is 10.1. The molecule has 0 radical (unpaired) electrons. The highest BCUT2D eigenvalue weighted by Gasteiger charge is 2.16. The van der Waals surface area contributed by atoms with E-state index >= 15 is 0 Å². The van der Waals surface area contributed by atoms with Crippen molar-refractivity contribution in [3.63, 3.8) is 0 Å². The maximum Gasteiger partial charge on any atom is 0.323 e. The van der Waals surface area contributed by atoms with Gasteiger partial charge in [-0.05, 0) is 19.3 Å². The fourth-order valence-corrected chi connectivity index (χ4v) is 0.815. The number of aliphatic hydroxyl groups is 1. The monoisotopic (exact) mass is 250 g/mol. The van der Waals surface area contributed by atoms with Crippen molar-refractivity contribution < 1.29 is 24.9 Å². The molecule has 0 aliphatic carbocycles. The van der Waals surface area contributed by atoms with E-state index in [4.69, 9.17) is 26.8 Å². The zero-order valence-corrected chi connectivity index (χ0v) is 10.3. The molecule has 0 aromatic heterocycles. The molecule has 0 fully saturated rings. The largest absolute Gasteiger partial charge is 0.480 e. The number of carboxylic acid groups (broad SMARTS) is 2. The molecule has 0 bridgehead atoms. The summed E-state index contributed by atoms with van der Waals surface area (Å²) < 4.78 is 0. The van der Waals surface area contributed by atoms with Crippen molar-refractivity contribution in [1.29, 1.82) is 0 Å². The Bertz CT molecular complexity index is 243. The van der Waals surface area contributed by atoms with Crippen LogP contribution in [0.1, 0.15) is 27.2 Å². The molecular weight excluding hydrogens is 228 g/mol. The van der Waals surface area contributed by atoms with Gasteiger partial charge in [-0.25, -0.2) is 0 Å². The Morgan fingerprint density at radius 1 is 1.06 bits per heavy atom. The topological polar surface area (TPSA) is 147 Å². The average Bonchev–Trinajstić information content (AvgIpc) is 2.15. The van der Waals surface area contributed by atoms with Gasteiger partial charge in [0.05, 0.1) is 6.10 Å².